The lowest BCUT2D eigenvalue weighted by molar-refractivity contribution is 0.102. The van der Waals surface area contributed by atoms with Gasteiger partial charge in [0.25, 0.3) is 5.91 Å². The maximum Gasteiger partial charge on any atom is 0.255 e. The molecule has 0 bridgehead atoms. The highest BCUT2D eigenvalue weighted by atomic mass is 32.2. The Labute approximate surface area is 203 Å². The highest BCUT2D eigenvalue weighted by Crippen LogP contribution is 2.29. The van der Waals surface area contributed by atoms with E-state index >= 15 is 0 Å². The van der Waals surface area contributed by atoms with Gasteiger partial charge in [0.15, 0.2) is 5.82 Å². The number of rotatable bonds is 8. The number of methoxy groups -OCH3 is 1. The van der Waals surface area contributed by atoms with Gasteiger partial charge in [0.2, 0.25) is 10.0 Å². The summed E-state index contributed by atoms with van der Waals surface area (Å²) in [6, 6.07) is 20.6. The number of amides is 1. The number of benzene rings is 3. The minimum atomic E-state index is -3.93. The van der Waals surface area contributed by atoms with E-state index in [2.05, 4.69) is 20.5 Å². The van der Waals surface area contributed by atoms with Crippen LogP contribution in [0.2, 0.25) is 0 Å². The third-order valence-corrected chi connectivity index (χ3v) is 7.18. The summed E-state index contributed by atoms with van der Waals surface area (Å²) >= 11 is 0. The van der Waals surface area contributed by atoms with Crippen LogP contribution in [0.1, 0.15) is 21.7 Å². The van der Waals surface area contributed by atoms with Crippen molar-refractivity contribution in [2.24, 2.45) is 0 Å². The zero-order valence-electron chi connectivity index (χ0n) is 19.5. The molecule has 0 saturated heterocycles. The van der Waals surface area contributed by atoms with E-state index in [4.69, 9.17) is 4.74 Å². The molecule has 0 saturated carbocycles. The van der Waals surface area contributed by atoms with Gasteiger partial charge in [-0.2, -0.15) is 9.40 Å². The van der Waals surface area contributed by atoms with Crippen LogP contribution in [0.15, 0.2) is 77.7 Å². The van der Waals surface area contributed by atoms with E-state index in [1.807, 2.05) is 37.3 Å². The molecule has 0 aliphatic carbocycles. The molecule has 0 spiro atoms. The van der Waals surface area contributed by atoms with Gasteiger partial charge in [-0.3, -0.25) is 9.89 Å². The third-order valence-electron chi connectivity index (χ3n) is 5.36. The smallest absolute Gasteiger partial charge is 0.255 e. The van der Waals surface area contributed by atoms with E-state index in [0.717, 1.165) is 11.1 Å². The van der Waals surface area contributed by atoms with Gasteiger partial charge in [0.1, 0.15) is 16.5 Å². The van der Waals surface area contributed by atoms with Crippen LogP contribution < -0.4 is 10.1 Å². The summed E-state index contributed by atoms with van der Waals surface area (Å²) in [5.74, 6) is 0.978. The molecule has 0 unspecified atom stereocenters. The molecular weight excluding hydrogens is 466 g/mol. The molecule has 0 fully saturated rings. The quantitative estimate of drug-likeness (QED) is 0.387. The molecule has 0 radical (unpaired) electrons. The molecule has 1 heterocycles. The molecule has 1 aromatic heterocycles. The van der Waals surface area contributed by atoms with Crippen molar-refractivity contribution in [2.75, 3.05) is 19.5 Å². The number of aromatic amines is 1. The van der Waals surface area contributed by atoms with E-state index in [1.165, 1.54) is 36.7 Å². The van der Waals surface area contributed by atoms with E-state index in [0.29, 0.717) is 17.3 Å². The fourth-order valence-corrected chi connectivity index (χ4v) is 4.83. The van der Waals surface area contributed by atoms with Gasteiger partial charge in [-0.15, -0.1) is 0 Å². The van der Waals surface area contributed by atoms with Crippen molar-refractivity contribution in [2.45, 2.75) is 18.4 Å². The zero-order chi connectivity index (χ0) is 25.0. The first kappa shape index (κ1) is 24.1. The number of H-pyrrole nitrogens is 1. The number of ether oxygens (including phenoxy) is 1. The van der Waals surface area contributed by atoms with Crippen molar-refractivity contribution in [1.82, 2.24) is 19.5 Å². The maximum absolute atomic E-state index is 13.3. The summed E-state index contributed by atoms with van der Waals surface area (Å²) in [4.78, 5) is 17.1. The average Bonchev–Trinajstić information content (AvgIpc) is 3.30. The molecule has 4 aromatic rings. The first-order chi connectivity index (χ1) is 16.8. The first-order valence-corrected chi connectivity index (χ1v) is 12.2. The largest absolute Gasteiger partial charge is 0.495 e. The monoisotopic (exact) mass is 491 g/mol. The number of nitrogens with zero attached hydrogens (tertiary/aromatic N) is 3. The molecule has 10 heteroatoms. The molecule has 4 rings (SSSR count). The molecule has 3 aromatic carbocycles. The third kappa shape index (κ3) is 5.39. The highest BCUT2D eigenvalue weighted by Gasteiger charge is 2.26. The van der Waals surface area contributed by atoms with Crippen LogP contribution in [0.5, 0.6) is 5.75 Å². The lowest BCUT2D eigenvalue weighted by Crippen LogP contribution is -2.27. The number of carbonyl (C=O) groups excluding carboxylic acids is 1. The van der Waals surface area contributed by atoms with Gasteiger partial charge in [-0.05, 0) is 55.0 Å². The zero-order valence-corrected chi connectivity index (χ0v) is 20.3. The Morgan fingerprint density at radius 1 is 1.06 bits per heavy atom. The molecule has 1 amide bonds. The van der Waals surface area contributed by atoms with Gasteiger partial charge < -0.3 is 10.1 Å². The van der Waals surface area contributed by atoms with Crippen molar-refractivity contribution in [3.63, 3.8) is 0 Å². The van der Waals surface area contributed by atoms with Crippen molar-refractivity contribution < 1.29 is 17.9 Å². The SMILES string of the molecule is COc1ccc(C(=O)Nc2ccc(-c3n[nH]c(C)n3)cc2)cc1S(=O)(=O)N(C)Cc1ccccc1. The fourth-order valence-electron chi connectivity index (χ4n) is 3.49. The van der Waals surface area contributed by atoms with E-state index in [9.17, 15) is 13.2 Å². The lowest BCUT2D eigenvalue weighted by Gasteiger charge is -2.19. The second-order valence-corrected chi connectivity index (χ2v) is 9.90. The van der Waals surface area contributed by atoms with Gasteiger partial charge in [0.05, 0.1) is 7.11 Å². The summed E-state index contributed by atoms with van der Waals surface area (Å²) in [5, 5.41) is 9.70. The first-order valence-electron chi connectivity index (χ1n) is 10.8. The van der Waals surface area contributed by atoms with Crippen molar-refractivity contribution in [3.05, 3.63) is 89.7 Å². The Balaban J connectivity index is 1.55. The lowest BCUT2D eigenvalue weighted by atomic mass is 10.1. The Morgan fingerprint density at radius 3 is 2.40 bits per heavy atom. The number of hydrogen-bond donors (Lipinski definition) is 2. The number of carbonyl (C=O) groups is 1. The summed E-state index contributed by atoms with van der Waals surface area (Å²) in [7, 11) is -1.05. The normalized spacial score (nSPS) is 11.4. The number of sulfonamides is 1. The Bertz CT molecular complexity index is 1430. The van der Waals surface area contributed by atoms with E-state index in [-0.39, 0.29) is 22.8 Å². The van der Waals surface area contributed by atoms with Gasteiger partial charge >= 0.3 is 0 Å². The van der Waals surface area contributed by atoms with Gasteiger partial charge in [0, 0.05) is 30.4 Å². The second kappa shape index (κ2) is 10.1. The molecule has 9 nitrogen and oxygen atoms in total. The van der Waals surface area contributed by atoms with Crippen LogP contribution in [-0.4, -0.2) is 48.0 Å². The van der Waals surface area contributed by atoms with Gasteiger partial charge in [-0.25, -0.2) is 13.4 Å². The summed E-state index contributed by atoms with van der Waals surface area (Å²) in [6.07, 6.45) is 0. The number of hydrogen-bond acceptors (Lipinski definition) is 6. The molecule has 0 aliphatic heterocycles. The molecule has 180 valence electrons. The summed E-state index contributed by atoms with van der Waals surface area (Å²) < 4.78 is 33.2. The molecule has 0 aliphatic rings. The Hall–Kier alpha value is -4.02. The van der Waals surface area contributed by atoms with E-state index in [1.54, 1.807) is 24.3 Å². The fraction of sp³-hybridized carbons (Fsp3) is 0.160. The van der Waals surface area contributed by atoms with E-state index < -0.39 is 15.9 Å². The predicted molar refractivity (Wildman–Crippen MR) is 133 cm³/mol. The second-order valence-electron chi connectivity index (χ2n) is 7.89. The van der Waals surface area contributed by atoms with Gasteiger partial charge in [-0.1, -0.05) is 30.3 Å². The standard InChI is InChI=1S/C25H25N5O4S/c1-17-26-24(29-28-17)19-9-12-21(13-10-19)27-25(31)20-11-14-22(34-3)23(15-20)35(32,33)30(2)16-18-7-5-4-6-8-18/h4-15H,16H2,1-3H3,(H,27,31)(H,26,28,29). The van der Waals surface area contributed by atoms with Crippen LogP contribution in [-0.2, 0) is 16.6 Å². The highest BCUT2D eigenvalue weighted by molar-refractivity contribution is 7.89. The minimum absolute atomic E-state index is 0.0820. The molecular formula is C25H25N5O4S. The summed E-state index contributed by atoms with van der Waals surface area (Å²) in [5.41, 5.74) is 2.38. The average molecular weight is 492 g/mol. The molecule has 2 N–H and O–H groups in total. The molecule has 35 heavy (non-hydrogen) atoms. The van der Waals surface area contributed by atoms with Crippen LogP contribution >= 0.6 is 0 Å². The van der Waals surface area contributed by atoms with Crippen molar-refractivity contribution in [1.29, 1.82) is 0 Å². The van der Waals surface area contributed by atoms with Crippen LogP contribution in [0, 0.1) is 6.92 Å². The predicted octanol–water partition coefficient (Wildman–Crippen LogP) is 3.86. The van der Waals surface area contributed by atoms with Crippen LogP contribution in [0.4, 0.5) is 5.69 Å². The van der Waals surface area contributed by atoms with Crippen molar-refractivity contribution >= 4 is 21.6 Å². The Kier molecular flexibility index (Phi) is 6.94. The van der Waals surface area contributed by atoms with Crippen LogP contribution in [0.3, 0.4) is 0 Å². The number of aryl methyl sites for hydroxylation is 1. The number of nitrogens with one attached hydrogen (secondary N) is 2. The maximum atomic E-state index is 13.3. The molecule has 0 atom stereocenters. The van der Waals surface area contributed by atoms with Crippen LogP contribution in [0.25, 0.3) is 11.4 Å². The topological polar surface area (TPSA) is 117 Å². The Morgan fingerprint density at radius 2 is 1.77 bits per heavy atom. The van der Waals surface area contributed by atoms with Crippen molar-refractivity contribution in [3.8, 4) is 17.1 Å². The minimum Gasteiger partial charge on any atom is -0.495 e. The summed E-state index contributed by atoms with van der Waals surface area (Å²) in [6.45, 7) is 1.99. The number of anilines is 1. The number of aromatic nitrogens is 3.